The van der Waals surface area contributed by atoms with E-state index < -0.39 is 0 Å². The predicted octanol–water partition coefficient (Wildman–Crippen LogP) is 2.54. The molecule has 1 heterocycles. The summed E-state index contributed by atoms with van der Waals surface area (Å²) in [6, 6.07) is 10.4. The molecule has 5 heteroatoms. The standard InChI is InChI=1S/C18H27N5/c1-15(13-23-11-7-10-21-23)12-20-18(19-3)22(4)14-17-9-6-5-8-16(17)2/h5-11,15H,12-14H2,1-4H3,(H,19,20). The van der Waals surface area contributed by atoms with Crippen LogP contribution in [-0.2, 0) is 13.1 Å². The second kappa shape index (κ2) is 8.36. The second-order valence-electron chi connectivity index (χ2n) is 6.04. The SMILES string of the molecule is CN=C(NCC(C)Cn1cccn1)N(C)Cc1ccccc1C. The van der Waals surface area contributed by atoms with Crippen molar-refractivity contribution >= 4 is 5.96 Å². The summed E-state index contributed by atoms with van der Waals surface area (Å²) in [5.74, 6) is 1.39. The molecular formula is C18H27N5. The molecule has 124 valence electrons. The summed E-state index contributed by atoms with van der Waals surface area (Å²) >= 11 is 0. The Balaban J connectivity index is 1.85. The molecule has 0 saturated heterocycles. The zero-order valence-electron chi connectivity index (χ0n) is 14.5. The molecule has 0 aliphatic heterocycles. The van der Waals surface area contributed by atoms with Crippen molar-refractivity contribution < 1.29 is 0 Å². The molecule has 1 aromatic carbocycles. The molecule has 0 saturated carbocycles. The number of aromatic nitrogens is 2. The first-order chi connectivity index (χ1) is 11.1. The van der Waals surface area contributed by atoms with E-state index in [-0.39, 0.29) is 0 Å². The van der Waals surface area contributed by atoms with E-state index in [1.807, 2.05) is 30.2 Å². The molecule has 1 atom stereocenters. The number of nitrogens with one attached hydrogen (secondary N) is 1. The minimum absolute atomic E-state index is 0.471. The molecule has 2 aromatic rings. The van der Waals surface area contributed by atoms with Crippen LogP contribution in [0.25, 0.3) is 0 Å². The van der Waals surface area contributed by atoms with Crippen LogP contribution >= 0.6 is 0 Å². The summed E-state index contributed by atoms with van der Waals surface area (Å²) in [5, 5.41) is 7.71. The number of aryl methyl sites for hydroxylation is 1. The van der Waals surface area contributed by atoms with Crippen molar-refractivity contribution in [3.63, 3.8) is 0 Å². The highest BCUT2D eigenvalue weighted by atomic mass is 15.3. The molecule has 0 aliphatic carbocycles. The normalized spacial score (nSPS) is 13.0. The topological polar surface area (TPSA) is 45.5 Å². The van der Waals surface area contributed by atoms with Crippen LogP contribution in [0, 0.1) is 12.8 Å². The fourth-order valence-electron chi connectivity index (χ4n) is 2.56. The smallest absolute Gasteiger partial charge is 0.193 e. The minimum atomic E-state index is 0.471. The van der Waals surface area contributed by atoms with E-state index in [4.69, 9.17) is 0 Å². The van der Waals surface area contributed by atoms with Crippen molar-refractivity contribution in [3.8, 4) is 0 Å². The van der Waals surface area contributed by atoms with Gasteiger partial charge in [0.2, 0.25) is 0 Å². The molecule has 0 aliphatic rings. The van der Waals surface area contributed by atoms with Gasteiger partial charge < -0.3 is 10.2 Å². The molecule has 0 bridgehead atoms. The first-order valence-electron chi connectivity index (χ1n) is 8.04. The Morgan fingerprint density at radius 2 is 2.13 bits per heavy atom. The molecule has 0 amide bonds. The maximum atomic E-state index is 4.39. The van der Waals surface area contributed by atoms with Crippen molar-refractivity contribution in [1.29, 1.82) is 0 Å². The first-order valence-corrected chi connectivity index (χ1v) is 8.04. The highest BCUT2D eigenvalue weighted by Gasteiger charge is 2.10. The van der Waals surface area contributed by atoms with Crippen LogP contribution in [0.1, 0.15) is 18.1 Å². The summed E-state index contributed by atoms with van der Waals surface area (Å²) in [6.07, 6.45) is 3.81. The average molecular weight is 313 g/mol. The fourth-order valence-corrected chi connectivity index (χ4v) is 2.56. The van der Waals surface area contributed by atoms with Gasteiger partial charge >= 0.3 is 0 Å². The lowest BCUT2D eigenvalue weighted by molar-refractivity contribution is 0.423. The zero-order valence-corrected chi connectivity index (χ0v) is 14.5. The van der Waals surface area contributed by atoms with Crippen LogP contribution in [0.2, 0.25) is 0 Å². The number of nitrogens with zero attached hydrogens (tertiary/aromatic N) is 4. The maximum Gasteiger partial charge on any atom is 0.193 e. The highest BCUT2D eigenvalue weighted by Crippen LogP contribution is 2.09. The van der Waals surface area contributed by atoms with Gasteiger partial charge in [-0.3, -0.25) is 9.67 Å². The largest absolute Gasteiger partial charge is 0.356 e. The summed E-state index contributed by atoms with van der Waals surface area (Å²) in [5.41, 5.74) is 2.63. The minimum Gasteiger partial charge on any atom is -0.356 e. The summed E-state index contributed by atoms with van der Waals surface area (Å²) in [7, 11) is 3.90. The number of guanidine groups is 1. The number of hydrogen-bond donors (Lipinski definition) is 1. The van der Waals surface area contributed by atoms with E-state index in [2.05, 4.69) is 65.5 Å². The Hall–Kier alpha value is -2.30. The third-order valence-corrected chi connectivity index (χ3v) is 3.91. The highest BCUT2D eigenvalue weighted by molar-refractivity contribution is 5.79. The summed E-state index contributed by atoms with van der Waals surface area (Å²) in [4.78, 5) is 6.55. The Kier molecular flexibility index (Phi) is 6.20. The van der Waals surface area contributed by atoms with E-state index >= 15 is 0 Å². The van der Waals surface area contributed by atoms with Gasteiger partial charge in [0.05, 0.1) is 0 Å². The summed E-state index contributed by atoms with van der Waals surface area (Å²) in [6.45, 7) is 6.97. The zero-order chi connectivity index (χ0) is 16.7. The molecule has 0 radical (unpaired) electrons. The van der Waals surface area contributed by atoms with Gasteiger partial charge in [-0.1, -0.05) is 31.2 Å². The van der Waals surface area contributed by atoms with E-state index in [0.29, 0.717) is 5.92 Å². The Morgan fingerprint density at radius 1 is 1.35 bits per heavy atom. The van der Waals surface area contributed by atoms with Gasteiger partial charge in [0.25, 0.3) is 0 Å². The molecule has 1 N–H and O–H groups in total. The van der Waals surface area contributed by atoms with E-state index in [1.165, 1.54) is 11.1 Å². The third kappa shape index (κ3) is 5.13. The molecular weight excluding hydrogens is 286 g/mol. The lowest BCUT2D eigenvalue weighted by Crippen LogP contribution is -2.41. The molecule has 0 spiro atoms. The quantitative estimate of drug-likeness (QED) is 0.658. The second-order valence-corrected chi connectivity index (χ2v) is 6.04. The van der Waals surface area contributed by atoms with Gasteiger partial charge in [0.15, 0.2) is 5.96 Å². The molecule has 1 unspecified atom stereocenters. The lowest BCUT2D eigenvalue weighted by Gasteiger charge is -2.24. The molecule has 5 nitrogen and oxygen atoms in total. The van der Waals surface area contributed by atoms with Crippen molar-refractivity contribution in [2.45, 2.75) is 26.9 Å². The van der Waals surface area contributed by atoms with Crippen LogP contribution in [0.4, 0.5) is 0 Å². The Morgan fingerprint density at radius 3 is 2.78 bits per heavy atom. The number of benzene rings is 1. The first kappa shape index (κ1) is 17.1. The Bertz CT molecular complexity index is 618. The Labute approximate surface area is 139 Å². The van der Waals surface area contributed by atoms with Crippen LogP contribution in [0.15, 0.2) is 47.7 Å². The van der Waals surface area contributed by atoms with Gasteiger partial charge in [-0.05, 0) is 30.0 Å². The van der Waals surface area contributed by atoms with Crippen molar-refractivity contribution in [3.05, 3.63) is 53.9 Å². The molecule has 1 aromatic heterocycles. The van der Waals surface area contributed by atoms with Crippen molar-refractivity contribution in [2.24, 2.45) is 10.9 Å². The number of hydrogen-bond acceptors (Lipinski definition) is 2. The van der Waals surface area contributed by atoms with Crippen LogP contribution < -0.4 is 5.32 Å². The lowest BCUT2D eigenvalue weighted by atomic mass is 10.1. The van der Waals surface area contributed by atoms with E-state index in [9.17, 15) is 0 Å². The van der Waals surface area contributed by atoms with Gasteiger partial charge in [-0.15, -0.1) is 0 Å². The van der Waals surface area contributed by atoms with Crippen LogP contribution in [-0.4, -0.2) is 41.3 Å². The van der Waals surface area contributed by atoms with Crippen molar-refractivity contribution in [2.75, 3.05) is 20.6 Å². The van der Waals surface area contributed by atoms with Crippen molar-refractivity contribution in [1.82, 2.24) is 20.0 Å². The fraction of sp³-hybridized carbons (Fsp3) is 0.444. The van der Waals surface area contributed by atoms with Gasteiger partial charge in [-0.25, -0.2) is 0 Å². The maximum absolute atomic E-state index is 4.39. The van der Waals surface area contributed by atoms with E-state index in [0.717, 1.165) is 25.6 Å². The number of aliphatic imine (C=N–C) groups is 1. The van der Waals surface area contributed by atoms with E-state index in [1.54, 1.807) is 0 Å². The van der Waals surface area contributed by atoms with Crippen LogP contribution in [0.3, 0.4) is 0 Å². The summed E-state index contributed by atoms with van der Waals surface area (Å²) < 4.78 is 1.96. The van der Waals surface area contributed by atoms with Gasteiger partial charge in [0, 0.05) is 46.1 Å². The van der Waals surface area contributed by atoms with Gasteiger partial charge in [0.1, 0.15) is 0 Å². The van der Waals surface area contributed by atoms with Gasteiger partial charge in [-0.2, -0.15) is 5.10 Å². The number of rotatable bonds is 6. The average Bonchev–Trinajstić information content (AvgIpc) is 3.03. The monoisotopic (exact) mass is 313 g/mol. The molecule has 0 fully saturated rings. The van der Waals surface area contributed by atoms with Crippen LogP contribution in [0.5, 0.6) is 0 Å². The molecule has 23 heavy (non-hydrogen) atoms. The predicted molar refractivity (Wildman–Crippen MR) is 95.4 cm³/mol. The molecule has 2 rings (SSSR count). The third-order valence-electron chi connectivity index (χ3n) is 3.91.